The molecule has 4 heteroatoms. The van der Waals surface area contributed by atoms with Crippen molar-refractivity contribution in [3.05, 3.63) is 59.5 Å². The van der Waals surface area contributed by atoms with Crippen molar-refractivity contribution in [2.45, 2.75) is 24.9 Å². The molecule has 0 saturated heterocycles. The summed E-state index contributed by atoms with van der Waals surface area (Å²) in [5.74, 6) is -0.341. The van der Waals surface area contributed by atoms with Crippen LogP contribution in [0.4, 0.5) is 4.39 Å². The minimum absolute atomic E-state index is 0.341. The maximum Gasteiger partial charge on any atom is 0.152 e. The normalized spacial score (nSPS) is 16.3. The maximum atomic E-state index is 14.4. The van der Waals surface area contributed by atoms with E-state index in [0.29, 0.717) is 22.0 Å². The van der Waals surface area contributed by atoms with Gasteiger partial charge in [0.15, 0.2) is 6.29 Å². The molecule has 0 radical (unpaired) electrons. The maximum absolute atomic E-state index is 14.4. The predicted molar refractivity (Wildman–Crippen MR) is 86.8 cm³/mol. The van der Waals surface area contributed by atoms with Gasteiger partial charge in [-0.1, -0.05) is 24.3 Å². The molecule has 3 aromatic rings. The molecule has 1 heterocycles. The van der Waals surface area contributed by atoms with Gasteiger partial charge in [-0.05, 0) is 42.5 Å². The number of H-pyrrole nitrogens is 1. The van der Waals surface area contributed by atoms with Crippen molar-refractivity contribution in [1.29, 1.82) is 0 Å². The molecule has 0 unspecified atom stereocenters. The average molecular weight is 309 g/mol. The second kappa shape index (κ2) is 5.03. The Balaban J connectivity index is 1.78. The molecule has 0 bridgehead atoms. The van der Waals surface area contributed by atoms with E-state index < -0.39 is 5.60 Å². The summed E-state index contributed by atoms with van der Waals surface area (Å²) >= 11 is 0. The lowest BCUT2D eigenvalue weighted by Gasteiger charge is -2.37. The van der Waals surface area contributed by atoms with E-state index in [2.05, 4.69) is 4.98 Å². The van der Waals surface area contributed by atoms with Gasteiger partial charge in [0.05, 0.1) is 5.60 Å². The Labute approximate surface area is 132 Å². The molecule has 116 valence electrons. The second-order valence-electron chi connectivity index (χ2n) is 6.20. The number of hydrogen-bond acceptors (Lipinski definition) is 2. The van der Waals surface area contributed by atoms with Crippen molar-refractivity contribution in [3.63, 3.8) is 0 Å². The second-order valence-corrected chi connectivity index (χ2v) is 6.20. The summed E-state index contributed by atoms with van der Waals surface area (Å²) in [7, 11) is 0. The molecule has 4 rings (SSSR count). The summed E-state index contributed by atoms with van der Waals surface area (Å²) in [5.41, 5.74) is 2.47. The highest BCUT2D eigenvalue weighted by Gasteiger charge is 2.35. The van der Waals surface area contributed by atoms with Crippen LogP contribution in [0.3, 0.4) is 0 Å². The van der Waals surface area contributed by atoms with Crippen LogP contribution in [0.2, 0.25) is 0 Å². The third-order valence-electron chi connectivity index (χ3n) is 4.84. The lowest BCUT2D eigenvalue weighted by molar-refractivity contribution is -0.0387. The summed E-state index contributed by atoms with van der Waals surface area (Å²) in [6, 6.07) is 10.5. The number of fused-ring (bicyclic) bond motifs is 1. The molecule has 1 fully saturated rings. The monoisotopic (exact) mass is 309 g/mol. The average Bonchev–Trinajstić information content (AvgIpc) is 2.94. The molecule has 0 aliphatic heterocycles. The number of halogens is 1. The van der Waals surface area contributed by atoms with Gasteiger partial charge in [0.2, 0.25) is 0 Å². The molecule has 1 aromatic heterocycles. The molecule has 1 saturated carbocycles. The van der Waals surface area contributed by atoms with E-state index in [9.17, 15) is 14.3 Å². The van der Waals surface area contributed by atoms with Crippen LogP contribution in [-0.4, -0.2) is 16.4 Å². The highest BCUT2D eigenvalue weighted by Crippen LogP contribution is 2.41. The van der Waals surface area contributed by atoms with Gasteiger partial charge in [-0.15, -0.1) is 0 Å². The molecule has 0 atom stereocenters. The zero-order valence-electron chi connectivity index (χ0n) is 12.5. The highest BCUT2D eigenvalue weighted by molar-refractivity contribution is 5.99. The van der Waals surface area contributed by atoms with Crippen LogP contribution < -0.4 is 0 Å². The first-order valence-corrected chi connectivity index (χ1v) is 7.70. The fourth-order valence-electron chi connectivity index (χ4n) is 3.24. The van der Waals surface area contributed by atoms with Crippen molar-refractivity contribution in [3.8, 4) is 11.1 Å². The van der Waals surface area contributed by atoms with Gasteiger partial charge in [0.1, 0.15) is 5.82 Å². The number of carbonyl (C=O) groups excluding carboxylic acids is 1. The number of aromatic amines is 1. The summed E-state index contributed by atoms with van der Waals surface area (Å²) in [6.07, 6.45) is 4.93. The summed E-state index contributed by atoms with van der Waals surface area (Å²) in [6.45, 7) is 0. The fourth-order valence-corrected chi connectivity index (χ4v) is 3.24. The number of carbonyl (C=O) groups is 1. The number of aldehydes is 1. The van der Waals surface area contributed by atoms with E-state index in [0.717, 1.165) is 36.7 Å². The van der Waals surface area contributed by atoms with E-state index in [1.54, 1.807) is 12.3 Å². The van der Waals surface area contributed by atoms with Crippen LogP contribution in [-0.2, 0) is 5.60 Å². The van der Waals surface area contributed by atoms with Crippen LogP contribution in [0, 0.1) is 5.82 Å². The van der Waals surface area contributed by atoms with E-state index in [1.165, 1.54) is 6.07 Å². The van der Waals surface area contributed by atoms with Crippen molar-refractivity contribution in [2.75, 3.05) is 0 Å². The van der Waals surface area contributed by atoms with Crippen LogP contribution in [0.15, 0.2) is 42.6 Å². The van der Waals surface area contributed by atoms with Crippen LogP contribution in [0.25, 0.3) is 22.0 Å². The first-order valence-electron chi connectivity index (χ1n) is 7.70. The van der Waals surface area contributed by atoms with Crippen LogP contribution >= 0.6 is 0 Å². The van der Waals surface area contributed by atoms with Crippen LogP contribution in [0.5, 0.6) is 0 Å². The summed E-state index contributed by atoms with van der Waals surface area (Å²) in [4.78, 5) is 14.0. The minimum Gasteiger partial charge on any atom is -0.385 e. The van der Waals surface area contributed by atoms with Gasteiger partial charge in [0, 0.05) is 28.2 Å². The SMILES string of the molecule is O=Cc1c[nH]c2cc(F)c(-c3ccc(C4(O)CCC4)cc3)cc12. The summed E-state index contributed by atoms with van der Waals surface area (Å²) in [5, 5.41) is 11.1. The van der Waals surface area contributed by atoms with Gasteiger partial charge in [0.25, 0.3) is 0 Å². The van der Waals surface area contributed by atoms with Gasteiger partial charge < -0.3 is 10.1 Å². The topological polar surface area (TPSA) is 53.1 Å². The van der Waals surface area contributed by atoms with E-state index in [-0.39, 0.29) is 5.82 Å². The van der Waals surface area contributed by atoms with E-state index in [4.69, 9.17) is 0 Å². The van der Waals surface area contributed by atoms with Gasteiger partial charge in [-0.3, -0.25) is 4.79 Å². The number of benzene rings is 2. The number of nitrogens with one attached hydrogen (secondary N) is 1. The van der Waals surface area contributed by atoms with Crippen molar-refractivity contribution >= 4 is 17.2 Å². The first kappa shape index (κ1) is 14.2. The Hall–Kier alpha value is -2.46. The number of rotatable bonds is 3. The van der Waals surface area contributed by atoms with Crippen molar-refractivity contribution < 1.29 is 14.3 Å². The molecule has 2 N–H and O–H groups in total. The molecule has 2 aromatic carbocycles. The summed E-state index contributed by atoms with van der Waals surface area (Å²) < 4.78 is 14.4. The third-order valence-corrected chi connectivity index (χ3v) is 4.84. The lowest BCUT2D eigenvalue weighted by Crippen LogP contribution is -2.33. The van der Waals surface area contributed by atoms with E-state index >= 15 is 0 Å². The quantitative estimate of drug-likeness (QED) is 0.714. The van der Waals surface area contributed by atoms with Crippen LogP contribution in [0.1, 0.15) is 35.2 Å². The Kier molecular flexibility index (Phi) is 3.10. The zero-order chi connectivity index (χ0) is 16.0. The smallest absolute Gasteiger partial charge is 0.152 e. The third kappa shape index (κ3) is 2.18. The molecule has 3 nitrogen and oxygen atoms in total. The molecule has 1 aliphatic rings. The number of aromatic nitrogens is 1. The predicted octanol–water partition coefficient (Wildman–Crippen LogP) is 4.16. The number of hydrogen-bond donors (Lipinski definition) is 2. The molecular weight excluding hydrogens is 293 g/mol. The van der Waals surface area contributed by atoms with Crippen molar-refractivity contribution in [2.24, 2.45) is 0 Å². The largest absolute Gasteiger partial charge is 0.385 e. The lowest BCUT2D eigenvalue weighted by atomic mass is 9.75. The Morgan fingerprint density at radius 2 is 1.91 bits per heavy atom. The molecule has 0 spiro atoms. The Morgan fingerprint density at radius 3 is 2.52 bits per heavy atom. The standard InChI is InChI=1S/C19H16FNO2/c20-17-9-18-16(13(11-22)10-21-18)8-15(17)12-2-4-14(5-3-12)19(23)6-1-7-19/h2-5,8-11,21,23H,1,6-7H2. The molecule has 0 amide bonds. The Morgan fingerprint density at radius 1 is 1.17 bits per heavy atom. The number of aliphatic hydroxyl groups is 1. The van der Waals surface area contributed by atoms with Gasteiger partial charge >= 0.3 is 0 Å². The zero-order valence-corrected chi connectivity index (χ0v) is 12.5. The van der Waals surface area contributed by atoms with E-state index in [1.807, 2.05) is 24.3 Å². The molecule has 23 heavy (non-hydrogen) atoms. The molecule has 1 aliphatic carbocycles. The highest BCUT2D eigenvalue weighted by atomic mass is 19.1. The molecular formula is C19H16FNO2. The van der Waals surface area contributed by atoms with Gasteiger partial charge in [-0.2, -0.15) is 0 Å². The Bertz CT molecular complexity index is 892. The first-order chi connectivity index (χ1) is 11.1. The van der Waals surface area contributed by atoms with Gasteiger partial charge in [-0.25, -0.2) is 4.39 Å². The minimum atomic E-state index is -0.716. The van der Waals surface area contributed by atoms with Crippen molar-refractivity contribution in [1.82, 2.24) is 4.98 Å². The fraction of sp³-hybridized carbons (Fsp3) is 0.211.